The number of methoxy groups -OCH3 is 1. The lowest BCUT2D eigenvalue weighted by Crippen LogP contribution is -2.60. The molecule has 0 bridgehead atoms. The fourth-order valence-corrected chi connectivity index (χ4v) is 3.99. The third-order valence-corrected chi connectivity index (χ3v) is 5.24. The van der Waals surface area contributed by atoms with Gasteiger partial charge in [-0.25, -0.2) is 4.79 Å². The molecule has 1 N–H and O–H groups in total. The van der Waals surface area contributed by atoms with E-state index < -0.39 is 5.60 Å². The Balaban J connectivity index is 2.21. The Morgan fingerprint density at radius 2 is 1.78 bits per heavy atom. The molecule has 6 nitrogen and oxygen atoms in total. The molecule has 2 rings (SSSR count). The van der Waals surface area contributed by atoms with E-state index in [9.17, 15) is 9.59 Å². The predicted octanol–water partition coefficient (Wildman–Crippen LogP) is 2.03. The highest BCUT2D eigenvalue weighted by Gasteiger charge is 2.52. The second kappa shape index (κ2) is 6.67. The summed E-state index contributed by atoms with van der Waals surface area (Å²) in [5.41, 5.74) is -0.623. The summed E-state index contributed by atoms with van der Waals surface area (Å²) in [7, 11) is 1.42. The van der Waals surface area contributed by atoms with Crippen LogP contribution >= 0.6 is 0 Å². The van der Waals surface area contributed by atoms with Crippen LogP contribution in [0, 0.1) is 17.3 Å². The average molecular weight is 326 g/mol. The summed E-state index contributed by atoms with van der Waals surface area (Å²) in [6.45, 7) is 10.5. The van der Waals surface area contributed by atoms with Crippen LogP contribution in [0.2, 0.25) is 0 Å². The Labute approximate surface area is 138 Å². The molecule has 0 saturated carbocycles. The van der Waals surface area contributed by atoms with Gasteiger partial charge in [0.05, 0.1) is 13.0 Å². The summed E-state index contributed by atoms with van der Waals surface area (Å²) >= 11 is 0. The summed E-state index contributed by atoms with van der Waals surface area (Å²) in [6.07, 6.45) is 1.54. The van der Waals surface area contributed by atoms with Crippen molar-refractivity contribution in [3.63, 3.8) is 0 Å². The number of esters is 1. The van der Waals surface area contributed by atoms with E-state index in [1.54, 1.807) is 4.90 Å². The molecule has 0 aromatic heterocycles. The zero-order chi connectivity index (χ0) is 17.3. The normalized spacial score (nSPS) is 27.6. The first-order valence-electron chi connectivity index (χ1n) is 8.46. The minimum Gasteiger partial charge on any atom is -0.469 e. The summed E-state index contributed by atoms with van der Waals surface area (Å²) in [6, 6.07) is 0. The zero-order valence-corrected chi connectivity index (χ0v) is 15.0. The molecule has 0 radical (unpaired) electrons. The second-order valence-electron chi connectivity index (χ2n) is 7.85. The largest absolute Gasteiger partial charge is 0.469 e. The molecule has 2 aliphatic heterocycles. The number of amides is 1. The minimum atomic E-state index is -0.537. The summed E-state index contributed by atoms with van der Waals surface area (Å²) < 4.78 is 10.5. The van der Waals surface area contributed by atoms with Crippen LogP contribution in [0.1, 0.15) is 40.5 Å². The molecule has 2 saturated heterocycles. The Hall–Kier alpha value is -1.30. The van der Waals surface area contributed by atoms with Crippen molar-refractivity contribution in [1.82, 2.24) is 10.2 Å². The van der Waals surface area contributed by atoms with Crippen molar-refractivity contribution in [3.8, 4) is 0 Å². The first-order valence-corrected chi connectivity index (χ1v) is 8.46. The van der Waals surface area contributed by atoms with E-state index in [1.807, 2.05) is 20.8 Å². The van der Waals surface area contributed by atoms with Crippen LogP contribution in [0.25, 0.3) is 0 Å². The van der Waals surface area contributed by atoms with Gasteiger partial charge in [0, 0.05) is 13.1 Å². The highest BCUT2D eigenvalue weighted by atomic mass is 16.6. The molecule has 0 aromatic carbocycles. The number of carbonyl (C=O) groups excluding carboxylic acids is 2. The SMILES string of the molecule is COC(=O)C1CN(C(=O)OC(C)(C)C)CC(C)C12CCNCC2. The molecule has 2 atom stereocenters. The Morgan fingerprint density at radius 1 is 1.17 bits per heavy atom. The minimum absolute atomic E-state index is 0.0865. The fraction of sp³-hybridized carbons (Fsp3) is 0.882. The maximum atomic E-state index is 12.4. The van der Waals surface area contributed by atoms with E-state index in [1.165, 1.54) is 7.11 Å². The van der Waals surface area contributed by atoms with Crippen molar-refractivity contribution in [3.05, 3.63) is 0 Å². The van der Waals surface area contributed by atoms with Gasteiger partial charge in [0.1, 0.15) is 5.60 Å². The lowest BCUT2D eigenvalue weighted by atomic mass is 9.59. The van der Waals surface area contributed by atoms with E-state index in [-0.39, 0.29) is 29.3 Å². The number of carbonyl (C=O) groups is 2. The second-order valence-corrected chi connectivity index (χ2v) is 7.85. The zero-order valence-electron chi connectivity index (χ0n) is 15.0. The molecule has 1 amide bonds. The van der Waals surface area contributed by atoms with Gasteiger partial charge >= 0.3 is 12.1 Å². The van der Waals surface area contributed by atoms with Crippen LogP contribution in [-0.4, -0.2) is 55.9 Å². The van der Waals surface area contributed by atoms with Gasteiger partial charge in [-0.1, -0.05) is 6.92 Å². The Morgan fingerprint density at radius 3 is 2.30 bits per heavy atom. The molecule has 132 valence electrons. The Kier molecular flexibility index (Phi) is 5.23. The molecule has 0 aromatic rings. The number of hydrogen-bond acceptors (Lipinski definition) is 5. The van der Waals surface area contributed by atoms with Crippen molar-refractivity contribution >= 4 is 12.1 Å². The maximum absolute atomic E-state index is 12.4. The molecular formula is C17H30N2O4. The first kappa shape index (κ1) is 18.0. The van der Waals surface area contributed by atoms with Crippen molar-refractivity contribution in [2.24, 2.45) is 17.3 Å². The van der Waals surface area contributed by atoms with Crippen LogP contribution in [-0.2, 0) is 14.3 Å². The van der Waals surface area contributed by atoms with Gasteiger partial charge in [-0.15, -0.1) is 0 Å². The number of rotatable bonds is 1. The van der Waals surface area contributed by atoms with Crippen molar-refractivity contribution in [2.45, 2.75) is 46.1 Å². The lowest BCUT2D eigenvalue weighted by Gasteiger charge is -2.52. The molecular weight excluding hydrogens is 296 g/mol. The number of piperidine rings is 2. The summed E-state index contributed by atoms with van der Waals surface area (Å²) in [4.78, 5) is 26.5. The number of hydrogen-bond donors (Lipinski definition) is 1. The van der Waals surface area contributed by atoms with Gasteiger partial charge in [0.15, 0.2) is 0 Å². The molecule has 2 heterocycles. The van der Waals surface area contributed by atoms with Crippen molar-refractivity contribution in [2.75, 3.05) is 33.3 Å². The van der Waals surface area contributed by atoms with E-state index in [4.69, 9.17) is 9.47 Å². The van der Waals surface area contributed by atoms with Gasteiger partial charge in [-0.05, 0) is 58.0 Å². The van der Waals surface area contributed by atoms with Gasteiger partial charge in [-0.3, -0.25) is 4.79 Å². The monoisotopic (exact) mass is 326 g/mol. The quantitative estimate of drug-likeness (QED) is 0.747. The summed E-state index contributed by atoms with van der Waals surface area (Å²) in [5, 5.41) is 3.36. The first-order chi connectivity index (χ1) is 10.7. The van der Waals surface area contributed by atoms with E-state index in [2.05, 4.69) is 12.2 Å². The van der Waals surface area contributed by atoms with E-state index in [0.29, 0.717) is 13.1 Å². The number of likely N-dealkylation sites (tertiary alicyclic amines) is 1. The number of nitrogens with zero attached hydrogens (tertiary/aromatic N) is 1. The van der Waals surface area contributed by atoms with Crippen LogP contribution < -0.4 is 5.32 Å². The smallest absolute Gasteiger partial charge is 0.410 e. The van der Waals surface area contributed by atoms with Crippen LogP contribution in [0.4, 0.5) is 4.79 Å². The third kappa shape index (κ3) is 3.79. The van der Waals surface area contributed by atoms with E-state index in [0.717, 1.165) is 25.9 Å². The standard InChI is InChI=1S/C17H30N2O4/c1-12-10-19(15(21)23-16(2,3)4)11-13(14(20)22-5)17(12)6-8-18-9-7-17/h12-13,18H,6-11H2,1-5H3. The Bertz CT molecular complexity index is 452. The van der Waals surface area contributed by atoms with Crippen LogP contribution in [0.3, 0.4) is 0 Å². The lowest BCUT2D eigenvalue weighted by molar-refractivity contribution is -0.159. The van der Waals surface area contributed by atoms with Crippen LogP contribution in [0.15, 0.2) is 0 Å². The van der Waals surface area contributed by atoms with Gasteiger partial charge in [0.2, 0.25) is 0 Å². The molecule has 23 heavy (non-hydrogen) atoms. The van der Waals surface area contributed by atoms with Gasteiger partial charge in [0.25, 0.3) is 0 Å². The molecule has 0 aliphatic carbocycles. The maximum Gasteiger partial charge on any atom is 0.410 e. The van der Waals surface area contributed by atoms with Crippen LogP contribution in [0.5, 0.6) is 0 Å². The molecule has 2 fully saturated rings. The summed E-state index contributed by atoms with van der Waals surface area (Å²) in [5.74, 6) is -0.271. The molecule has 2 aliphatic rings. The van der Waals surface area contributed by atoms with Gasteiger partial charge in [-0.2, -0.15) is 0 Å². The highest BCUT2D eigenvalue weighted by Crippen LogP contribution is 2.48. The molecule has 6 heteroatoms. The fourth-order valence-electron chi connectivity index (χ4n) is 3.99. The third-order valence-electron chi connectivity index (χ3n) is 5.24. The number of ether oxygens (including phenoxy) is 2. The highest BCUT2D eigenvalue weighted by molar-refractivity contribution is 5.76. The van der Waals surface area contributed by atoms with Gasteiger partial charge < -0.3 is 19.7 Å². The number of nitrogens with one attached hydrogen (secondary N) is 1. The topological polar surface area (TPSA) is 67.9 Å². The van der Waals surface area contributed by atoms with E-state index >= 15 is 0 Å². The van der Waals surface area contributed by atoms with Crippen molar-refractivity contribution < 1.29 is 19.1 Å². The molecule has 2 unspecified atom stereocenters. The average Bonchev–Trinajstić information content (AvgIpc) is 2.48. The van der Waals surface area contributed by atoms with Crippen molar-refractivity contribution in [1.29, 1.82) is 0 Å². The predicted molar refractivity (Wildman–Crippen MR) is 87.0 cm³/mol. The molecule has 1 spiro atoms.